The fraction of sp³-hybridized carbons (Fsp3) is 0.462. The molecule has 0 saturated carbocycles. The molecule has 0 aromatic heterocycles. The maximum atomic E-state index is 13.7. The summed E-state index contributed by atoms with van der Waals surface area (Å²) in [6, 6.07) is 13.5. The van der Waals surface area contributed by atoms with Gasteiger partial charge in [-0.2, -0.15) is 4.31 Å². The van der Waals surface area contributed by atoms with Crippen molar-refractivity contribution >= 4 is 27.5 Å². The van der Waals surface area contributed by atoms with Crippen molar-refractivity contribution in [2.45, 2.75) is 44.0 Å². The summed E-state index contributed by atoms with van der Waals surface area (Å²) in [5, 5.41) is 2.74. The molecule has 188 valence electrons. The van der Waals surface area contributed by atoms with Gasteiger partial charge in [0, 0.05) is 51.3 Å². The van der Waals surface area contributed by atoms with Crippen LogP contribution in [-0.4, -0.2) is 73.6 Å². The van der Waals surface area contributed by atoms with Crippen molar-refractivity contribution in [2.75, 3.05) is 44.6 Å². The number of nitrogens with zero attached hydrogens (tertiary/aromatic N) is 3. The van der Waals surface area contributed by atoms with E-state index in [2.05, 4.69) is 17.1 Å². The zero-order valence-electron chi connectivity index (χ0n) is 20.4. The average Bonchev–Trinajstić information content (AvgIpc) is 2.89. The minimum atomic E-state index is -3.85. The molecule has 2 aromatic carbocycles. The lowest BCUT2D eigenvalue weighted by atomic mass is 9.92. The van der Waals surface area contributed by atoms with E-state index in [0.717, 1.165) is 30.8 Å². The van der Waals surface area contributed by atoms with Crippen LogP contribution in [0.15, 0.2) is 53.4 Å². The minimum absolute atomic E-state index is 0.0136. The van der Waals surface area contributed by atoms with E-state index in [1.807, 2.05) is 29.2 Å². The molecule has 0 radical (unpaired) electrons. The van der Waals surface area contributed by atoms with E-state index in [1.165, 1.54) is 16.4 Å². The summed E-state index contributed by atoms with van der Waals surface area (Å²) >= 11 is 0. The van der Waals surface area contributed by atoms with Crippen molar-refractivity contribution in [3.63, 3.8) is 0 Å². The fourth-order valence-electron chi connectivity index (χ4n) is 4.83. The van der Waals surface area contributed by atoms with Gasteiger partial charge in [0.05, 0.1) is 10.9 Å². The first-order valence-electron chi connectivity index (χ1n) is 12.3. The molecule has 8 nitrogen and oxygen atoms in total. The third-order valence-electron chi connectivity index (χ3n) is 6.97. The van der Waals surface area contributed by atoms with Gasteiger partial charge in [-0.3, -0.25) is 9.59 Å². The lowest BCUT2D eigenvalue weighted by molar-refractivity contribution is -0.134. The number of piperazine rings is 1. The van der Waals surface area contributed by atoms with Crippen LogP contribution in [-0.2, 0) is 26.0 Å². The Morgan fingerprint density at radius 3 is 2.29 bits per heavy atom. The number of carbonyl (C=O) groups excluding carboxylic acids is 2. The van der Waals surface area contributed by atoms with Crippen molar-refractivity contribution < 1.29 is 18.0 Å². The average molecular weight is 499 g/mol. The summed E-state index contributed by atoms with van der Waals surface area (Å²) in [5.41, 5.74) is 2.54. The molecule has 2 aliphatic heterocycles. The van der Waals surface area contributed by atoms with Crippen molar-refractivity contribution in [3.05, 3.63) is 59.7 Å². The van der Waals surface area contributed by atoms with Crippen LogP contribution in [0.5, 0.6) is 0 Å². The monoisotopic (exact) mass is 498 g/mol. The van der Waals surface area contributed by atoms with Gasteiger partial charge in [-0.25, -0.2) is 8.42 Å². The van der Waals surface area contributed by atoms with Crippen molar-refractivity contribution in [3.8, 4) is 0 Å². The highest BCUT2D eigenvalue weighted by atomic mass is 32.2. The van der Waals surface area contributed by atoms with Crippen LogP contribution in [0.2, 0.25) is 0 Å². The molecule has 9 heteroatoms. The molecule has 2 amide bonds. The first kappa shape index (κ1) is 25.3. The molecular formula is C26H34N4O4S. The Morgan fingerprint density at radius 2 is 1.63 bits per heavy atom. The Morgan fingerprint density at radius 1 is 0.943 bits per heavy atom. The molecule has 2 heterocycles. The molecule has 1 saturated heterocycles. The van der Waals surface area contributed by atoms with Crippen LogP contribution in [0.4, 0.5) is 5.69 Å². The number of rotatable bonds is 7. The summed E-state index contributed by atoms with van der Waals surface area (Å²) in [6.45, 7) is 8.16. The van der Waals surface area contributed by atoms with Crippen LogP contribution in [0.1, 0.15) is 43.9 Å². The first-order valence-corrected chi connectivity index (χ1v) is 13.8. The summed E-state index contributed by atoms with van der Waals surface area (Å²) < 4.78 is 29.0. The van der Waals surface area contributed by atoms with Gasteiger partial charge >= 0.3 is 0 Å². The van der Waals surface area contributed by atoms with Gasteiger partial charge in [-0.05, 0) is 48.4 Å². The molecule has 1 atom stereocenters. The molecular weight excluding hydrogens is 464 g/mol. The second kappa shape index (κ2) is 10.9. The molecule has 1 unspecified atom stereocenters. The number of hydrogen-bond donors (Lipinski definition) is 1. The number of likely N-dealkylation sites (N-methyl/N-ethyl adjacent to an activating group) is 1. The number of sulfonamides is 1. The molecule has 2 aromatic rings. The maximum absolute atomic E-state index is 13.7. The molecule has 0 aliphatic carbocycles. The summed E-state index contributed by atoms with van der Waals surface area (Å²) in [7, 11) is -3.85. The fourth-order valence-corrected chi connectivity index (χ4v) is 6.44. The standard InChI is InChI=1S/C26H34N4O4S/c1-3-25(31)27-21-9-11-22(12-10-21)35(33,34)30-14-13-20-7-5-6-8-23(20)24(30)19-26(32)29-17-15-28(4-2)16-18-29/h5-12,24H,3-4,13-19H2,1-2H3,(H,27,31). The van der Waals surface area contributed by atoms with Crippen LogP contribution < -0.4 is 5.32 Å². The number of amides is 2. The lowest BCUT2D eigenvalue weighted by Crippen LogP contribution is -2.50. The number of fused-ring (bicyclic) bond motifs is 1. The Hall–Kier alpha value is -2.75. The summed E-state index contributed by atoms with van der Waals surface area (Å²) in [5.74, 6) is -0.146. The lowest BCUT2D eigenvalue weighted by Gasteiger charge is -2.39. The number of nitrogens with one attached hydrogen (secondary N) is 1. The van der Waals surface area contributed by atoms with Gasteiger partial charge < -0.3 is 15.1 Å². The van der Waals surface area contributed by atoms with Gasteiger partial charge in [0.2, 0.25) is 21.8 Å². The highest BCUT2D eigenvalue weighted by molar-refractivity contribution is 7.89. The third-order valence-corrected chi connectivity index (χ3v) is 8.89. The highest BCUT2D eigenvalue weighted by Crippen LogP contribution is 2.37. The number of carbonyl (C=O) groups is 2. The van der Waals surface area contributed by atoms with Crippen LogP contribution >= 0.6 is 0 Å². The summed E-state index contributed by atoms with van der Waals surface area (Å²) in [6.07, 6.45) is 1.06. The second-order valence-electron chi connectivity index (χ2n) is 9.03. The Labute approximate surface area is 207 Å². The quantitative estimate of drug-likeness (QED) is 0.634. The molecule has 1 fully saturated rings. The molecule has 1 N–H and O–H groups in total. The van der Waals surface area contributed by atoms with E-state index in [1.54, 1.807) is 19.1 Å². The molecule has 2 aliphatic rings. The second-order valence-corrected chi connectivity index (χ2v) is 10.9. The zero-order valence-corrected chi connectivity index (χ0v) is 21.3. The van der Waals surface area contributed by atoms with Gasteiger partial charge in [-0.1, -0.05) is 38.1 Å². The Kier molecular flexibility index (Phi) is 7.88. The largest absolute Gasteiger partial charge is 0.340 e. The third kappa shape index (κ3) is 5.58. The van der Waals surface area contributed by atoms with Gasteiger partial charge in [-0.15, -0.1) is 0 Å². The molecule has 4 rings (SSSR count). The Bertz CT molecular complexity index is 1160. The van der Waals surface area contributed by atoms with E-state index in [4.69, 9.17) is 0 Å². The van der Waals surface area contributed by atoms with E-state index in [-0.39, 0.29) is 23.1 Å². The topological polar surface area (TPSA) is 90.0 Å². The van der Waals surface area contributed by atoms with Gasteiger partial charge in [0.25, 0.3) is 0 Å². The smallest absolute Gasteiger partial charge is 0.243 e. The van der Waals surface area contributed by atoms with E-state index < -0.39 is 16.1 Å². The first-order chi connectivity index (χ1) is 16.8. The number of benzene rings is 2. The van der Waals surface area contributed by atoms with Crippen LogP contribution in [0, 0.1) is 0 Å². The zero-order chi connectivity index (χ0) is 25.0. The molecule has 0 spiro atoms. The van der Waals surface area contributed by atoms with Crippen LogP contribution in [0.3, 0.4) is 0 Å². The van der Waals surface area contributed by atoms with E-state index in [0.29, 0.717) is 38.2 Å². The van der Waals surface area contributed by atoms with Gasteiger partial charge in [0.1, 0.15) is 0 Å². The van der Waals surface area contributed by atoms with E-state index >= 15 is 0 Å². The van der Waals surface area contributed by atoms with Crippen LogP contribution in [0.25, 0.3) is 0 Å². The molecule has 0 bridgehead atoms. The minimum Gasteiger partial charge on any atom is -0.340 e. The number of hydrogen-bond acceptors (Lipinski definition) is 5. The normalized spacial score (nSPS) is 19.3. The van der Waals surface area contributed by atoms with Gasteiger partial charge in [0.15, 0.2) is 0 Å². The highest BCUT2D eigenvalue weighted by Gasteiger charge is 2.38. The van der Waals surface area contributed by atoms with Crippen molar-refractivity contribution in [1.82, 2.24) is 14.1 Å². The SMILES string of the molecule is CCC(=O)Nc1ccc(S(=O)(=O)N2CCc3ccccc3C2CC(=O)N2CCN(CC)CC2)cc1. The van der Waals surface area contributed by atoms with E-state index in [9.17, 15) is 18.0 Å². The predicted octanol–water partition coefficient (Wildman–Crippen LogP) is 2.88. The summed E-state index contributed by atoms with van der Waals surface area (Å²) in [4.78, 5) is 29.3. The Balaban J connectivity index is 1.59. The molecule has 35 heavy (non-hydrogen) atoms. The number of anilines is 1. The predicted molar refractivity (Wildman–Crippen MR) is 135 cm³/mol. The maximum Gasteiger partial charge on any atom is 0.243 e. The van der Waals surface area contributed by atoms with Crippen molar-refractivity contribution in [1.29, 1.82) is 0 Å². The van der Waals surface area contributed by atoms with Crippen molar-refractivity contribution in [2.24, 2.45) is 0 Å².